The van der Waals surface area contributed by atoms with Crippen molar-refractivity contribution in [2.75, 3.05) is 11.5 Å². The molecule has 0 fully saturated rings. The molecule has 0 heterocycles. The summed E-state index contributed by atoms with van der Waals surface area (Å²) < 4.78 is 22.9. The van der Waals surface area contributed by atoms with Gasteiger partial charge in [-0.15, -0.1) is 0 Å². The van der Waals surface area contributed by atoms with Crippen LogP contribution in [0.15, 0.2) is 30.3 Å². The Morgan fingerprint density at radius 3 is 2.45 bits per heavy atom. The molecule has 1 aromatic rings. The molecule has 20 heavy (non-hydrogen) atoms. The summed E-state index contributed by atoms with van der Waals surface area (Å²) in [5.41, 5.74) is 6.83. The number of sulfone groups is 1. The first kappa shape index (κ1) is 16.7. The molecule has 0 bridgehead atoms. The van der Waals surface area contributed by atoms with Gasteiger partial charge in [0.1, 0.15) is 0 Å². The second-order valence-electron chi connectivity index (χ2n) is 4.89. The highest BCUT2D eigenvalue weighted by Crippen LogP contribution is 2.13. The van der Waals surface area contributed by atoms with E-state index in [2.05, 4.69) is 5.32 Å². The number of rotatable bonds is 7. The summed E-state index contributed by atoms with van der Waals surface area (Å²) >= 11 is 0. The van der Waals surface area contributed by atoms with Crippen LogP contribution in [-0.2, 0) is 14.6 Å². The first-order valence-corrected chi connectivity index (χ1v) is 8.46. The first-order chi connectivity index (χ1) is 9.34. The highest BCUT2D eigenvalue weighted by atomic mass is 32.2. The molecule has 2 atom stereocenters. The molecule has 0 saturated carbocycles. The smallest absolute Gasteiger partial charge is 0.222 e. The van der Waals surface area contributed by atoms with E-state index in [0.29, 0.717) is 0 Å². The zero-order chi connectivity index (χ0) is 15.2. The maximum Gasteiger partial charge on any atom is 0.222 e. The molecular formula is C14H22N2O3S. The Hall–Kier alpha value is -1.40. The Morgan fingerprint density at radius 2 is 1.90 bits per heavy atom. The minimum Gasteiger partial charge on any atom is -0.353 e. The molecule has 5 nitrogen and oxygen atoms in total. The van der Waals surface area contributed by atoms with Crippen LogP contribution in [0.2, 0.25) is 0 Å². The van der Waals surface area contributed by atoms with E-state index in [1.165, 1.54) is 0 Å². The van der Waals surface area contributed by atoms with Crippen LogP contribution in [0.4, 0.5) is 0 Å². The minimum atomic E-state index is -3.09. The van der Waals surface area contributed by atoms with E-state index in [0.717, 1.165) is 5.56 Å². The van der Waals surface area contributed by atoms with Gasteiger partial charge in [-0.05, 0) is 12.5 Å². The highest BCUT2D eigenvalue weighted by molar-refractivity contribution is 7.91. The predicted molar refractivity (Wildman–Crippen MR) is 79.9 cm³/mol. The van der Waals surface area contributed by atoms with Crippen LogP contribution in [0.25, 0.3) is 0 Å². The number of nitrogens with one attached hydrogen (secondary N) is 1. The van der Waals surface area contributed by atoms with Crippen molar-refractivity contribution < 1.29 is 13.2 Å². The second-order valence-corrected chi connectivity index (χ2v) is 7.29. The first-order valence-electron chi connectivity index (χ1n) is 6.64. The number of hydrogen-bond acceptors (Lipinski definition) is 4. The molecule has 0 aliphatic heterocycles. The number of carbonyl (C=O) groups is 1. The van der Waals surface area contributed by atoms with Gasteiger partial charge in [0.05, 0.1) is 5.75 Å². The quantitative estimate of drug-likeness (QED) is 0.786. The van der Waals surface area contributed by atoms with Gasteiger partial charge in [-0.1, -0.05) is 37.3 Å². The average Bonchev–Trinajstić information content (AvgIpc) is 2.38. The fourth-order valence-corrected chi connectivity index (χ4v) is 2.97. The summed E-state index contributed by atoms with van der Waals surface area (Å²) in [6.45, 7) is 3.27. The van der Waals surface area contributed by atoms with Crippen LogP contribution >= 0.6 is 0 Å². The number of benzene rings is 1. The zero-order valence-electron chi connectivity index (χ0n) is 11.9. The van der Waals surface area contributed by atoms with E-state index >= 15 is 0 Å². The van der Waals surface area contributed by atoms with E-state index in [1.807, 2.05) is 30.3 Å². The molecule has 0 aliphatic carbocycles. The Kier molecular flexibility index (Phi) is 6.16. The third-order valence-electron chi connectivity index (χ3n) is 2.98. The van der Waals surface area contributed by atoms with Crippen molar-refractivity contribution in [1.82, 2.24) is 5.32 Å². The van der Waals surface area contributed by atoms with Crippen molar-refractivity contribution in [3.8, 4) is 0 Å². The molecule has 0 aromatic heterocycles. The normalized spacial score (nSPS) is 14.6. The molecule has 1 rings (SSSR count). The third kappa shape index (κ3) is 5.71. The minimum absolute atomic E-state index is 0.0458. The summed E-state index contributed by atoms with van der Waals surface area (Å²) in [5, 5.41) is 2.67. The van der Waals surface area contributed by atoms with Gasteiger partial charge in [0.15, 0.2) is 9.84 Å². The Morgan fingerprint density at radius 1 is 1.30 bits per heavy atom. The van der Waals surface area contributed by atoms with Gasteiger partial charge < -0.3 is 11.1 Å². The fraction of sp³-hybridized carbons (Fsp3) is 0.500. The molecule has 1 aromatic carbocycles. The van der Waals surface area contributed by atoms with Crippen molar-refractivity contribution >= 4 is 15.7 Å². The topological polar surface area (TPSA) is 89.3 Å². The highest BCUT2D eigenvalue weighted by Gasteiger charge is 2.17. The monoisotopic (exact) mass is 298 g/mol. The van der Waals surface area contributed by atoms with Crippen LogP contribution in [0.3, 0.4) is 0 Å². The van der Waals surface area contributed by atoms with Gasteiger partial charge in [0, 0.05) is 24.3 Å². The maximum absolute atomic E-state index is 11.8. The van der Waals surface area contributed by atoms with Gasteiger partial charge in [0.25, 0.3) is 0 Å². The van der Waals surface area contributed by atoms with E-state index in [4.69, 9.17) is 5.73 Å². The lowest BCUT2D eigenvalue weighted by Crippen LogP contribution is -2.39. The largest absolute Gasteiger partial charge is 0.353 e. The molecule has 2 unspecified atom stereocenters. The summed E-state index contributed by atoms with van der Waals surface area (Å²) in [4.78, 5) is 11.8. The molecule has 112 valence electrons. The van der Waals surface area contributed by atoms with E-state index in [9.17, 15) is 13.2 Å². The SMILES string of the molecule is CCS(=O)(=O)CC(C)NC(=O)CC(N)c1ccccc1. The summed E-state index contributed by atoms with van der Waals surface area (Å²) in [6.07, 6.45) is 0.139. The van der Waals surface area contributed by atoms with Gasteiger partial charge >= 0.3 is 0 Å². The van der Waals surface area contributed by atoms with Crippen LogP contribution < -0.4 is 11.1 Å². The Labute approximate surface area is 120 Å². The number of amides is 1. The van der Waals surface area contributed by atoms with Gasteiger partial charge in [-0.3, -0.25) is 4.79 Å². The number of carbonyl (C=O) groups excluding carboxylic acids is 1. The van der Waals surface area contributed by atoms with Crippen molar-refractivity contribution in [1.29, 1.82) is 0 Å². The summed E-state index contributed by atoms with van der Waals surface area (Å²) in [5.74, 6) is -0.202. The molecule has 6 heteroatoms. The summed E-state index contributed by atoms with van der Waals surface area (Å²) in [6, 6.07) is 8.55. The number of hydrogen-bond donors (Lipinski definition) is 2. The van der Waals surface area contributed by atoms with E-state index in [-0.39, 0.29) is 29.9 Å². The second kappa shape index (κ2) is 7.40. The van der Waals surface area contributed by atoms with Crippen LogP contribution in [0.1, 0.15) is 31.9 Å². The van der Waals surface area contributed by atoms with Crippen LogP contribution in [-0.4, -0.2) is 31.9 Å². The van der Waals surface area contributed by atoms with Crippen molar-refractivity contribution in [3.05, 3.63) is 35.9 Å². The van der Waals surface area contributed by atoms with Crippen molar-refractivity contribution in [2.45, 2.75) is 32.4 Å². The van der Waals surface area contributed by atoms with E-state index < -0.39 is 15.9 Å². The van der Waals surface area contributed by atoms with Gasteiger partial charge in [0.2, 0.25) is 5.91 Å². The Balaban J connectivity index is 2.48. The van der Waals surface area contributed by atoms with Gasteiger partial charge in [-0.25, -0.2) is 8.42 Å². The number of nitrogens with two attached hydrogens (primary N) is 1. The van der Waals surface area contributed by atoms with Crippen molar-refractivity contribution in [2.24, 2.45) is 5.73 Å². The molecule has 0 saturated heterocycles. The predicted octanol–water partition coefficient (Wildman–Crippen LogP) is 1.02. The van der Waals surface area contributed by atoms with Crippen LogP contribution in [0.5, 0.6) is 0 Å². The molecule has 0 spiro atoms. The standard InChI is InChI=1S/C14H22N2O3S/c1-3-20(18,19)10-11(2)16-14(17)9-13(15)12-7-5-4-6-8-12/h4-8,11,13H,3,9-10,15H2,1-2H3,(H,16,17). The third-order valence-corrected chi connectivity index (χ3v) is 4.87. The average molecular weight is 298 g/mol. The van der Waals surface area contributed by atoms with Crippen LogP contribution in [0, 0.1) is 0 Å². The Bertz CT molecular complexity index is 529. The summed E-state index contributed by atoms with van der Waals surface area (Å²) in [7, 11) is -3.09. The molecule has 0 radical (unpaired) electrons. The lowest BCUT2D eigenvalue weighted by atomic mass is 10.0. The van der Waals surface area contributed by atoms with E-state index in [1.54, 1.807) is 13.8 Å². The lowest BCUT2D eigenvalue weighted by molar-refractivity contribution is -0.121. The lowest BCUT2D eigenvalue weighted by Gasteiger charge is -2.16. The molecule has 3 N–H and O–H groups in total. The maximum atomic E-state index is 11.8. The molecule has 0 aliphatic rings. The van der Waals surface area contributed by atoms with Gasteiger partial charge in [-0.2, -0.15) is 0 Å². The molecule has 1 amide bonds. The zero-order valence-corrected chi connectivity index (χ0v) is 12.7. The van der Waals surface area contributed by atoms with Crippen molar-refractivity contribution in [3.63, 3.8) is 0 Å². The fourth-order valence-electron chi connectivity index (χ4n) is 1.89. The molecular weight excluding hydrogens is 276 g/mol.